The number of nitrogen functional groups attached to an aromatic ring is 1. The SMILES string of the molecule is CCCCCc1nc(C2=CC=C(Nc3ccccc3)C=CC2)c2c(N)nccn12. The normalized spacial score (nSPS) is 13.8. The van der Waals surface area contributed by atoms with Crippen LogP contribution in [-0.4, -0.2) is 14.4 Å². The molecular formula is C24H27N5. The lowest BCUT2D eigenvalue weighted by atomic mass is 10.1. The zero-order valence-electron chi connectivity index (χ0n) is 16.8. The molecule has 4 rings (SSSR count). The van der Waals surface area contributed by atoms with Crippen LogP contribution in [0.4, 0.5) is 11.5 Å². The minimum Gasteiger partial charge on any atom is -0.382 e. The Morgan fingerprint density at radius 3 is 2.83 bits per heavy atom. The van der Waals surface area contributed by atoms with Crippen LogP contribution in [0.2, 0.25) is 0 Å². The average Bonchev–Trinajstić information content (AvgIpc) is 2.95. The fourth-order valence-electron chi connectivity index (χ4n) is 3.63. The van der Waals surface area contributed by atoms with Gasteiger partial charge in [-0.3, -0.25) is 4.40 Å². The molecule has 0 spiro atoms. The van der Waals surface area contributed by atoms with Crippen molar-refractivity contribution >= 4 is 22.6 Å². The van der Waals surface area contributed by atoms with E-state index in [0.717, 1.165) is 53.3 Å². The summed E-state index contributed by atoms with van der Waals surface area (Å²) in [6, 6.07) is 10.2. The summed E-state index contributed by atoms with van der Waals surface area (Å²) in [6.45, 7) is 2.22. The maximum absolute atomic E-state index is 6.26. The van der Waals surface area contributed by atoms with Gasteiger partial charge in [-0.1, -0.05) is 50.1 Å². The van der Waals surface area contributed by atoms with Crippen molar-refractivity contribution in [2.24, 2.45) is 0 Å². The molecule has 5 heteroatoms. The summed E-state index contributed by atoms with van der Waals surface area (Å²) < 4.78 is 2.11. The van der Waals surface area contributed by atoms with Gasteiger partial charge in [0.1, 0.15) is 17.2 Å². The molecule has 0 fully saturated rings. The van der Waals surface area contributed by atoms with Crippen molar-refractivity contribution < 1.29 is 0 Å². The minimum atomic E-state index is 0.525. The Bertz CT molecular complexity index is 1070. The van der Waals surface area contributed by atoms with Gasteiger partial charge < -0.3 is 11.1 Å². The summed E-state index contributed by atoms with van der Waals surface area (Å²) in [6.07, 6.45) is 17.5. The molecule has 1 aromatic carbocycles. The number of nitrogens with zero attached hydrogens (tertiary/aromatic N) is 3. The Hall–Kier alpha value is -3.34. The molecule has 0 saturated carbocycles. The maximum Gasteiger partial charge on any atom is 0.150 e. The van der Waals surface area contributed by atoms with Gasteiger partial charge in [0.2, 0.25) is 0 Å². The number of rotatable bonds is 7. The monoisotopic (exact) mass is 385 g/mol. The van der Waals surface area contributed by atoms with Crippen molar-refractivity contribution in [2.75, 3.05) is 11.1 Å². The number of fused-ring (bicyclic) bond motifs is 1. The summed E-state index contributed by atoms with van der Waals surface area (Å²) in [7, 11) is 0. The third-order valence-corrected chi connectivity index (χ3v) is 5.13. The molecule has 5 nitrogen and oxygen atoms in total. The molecule has 0 radical (unpaired) electrons. The zero-order chi connectivity index (χ0) is 20.1. The molecule has 1 aliphatic rings. The summed E-state index contributed by atoms with van der Waals surface area (Å²) in [5.41, 5.74) is 11.4. The van der Waals surface area contributed by atoms with E-state index in [1.807, 2.05) is 24.4 Å². The first-order valence-electron chi connectivity index (χ1n) is 10.3. The molecular weight excluding hydrogens is 358 g/mol. The Kier molecular flexibility index (Phi) is 5.75. The molecule has 3 N–H and O–H groups in total. The van der Waals surface area contributed by atoms with Gasteiger partial charge in [0.15, 0.2) is 0 Å². The molecule has 148 valence electrons. The Morgan fingerprint density at radius 1 is 1.14 bits per heavy atom. The molecule has 1 aliphatic carbocycles. The van der Waals surface area contributed by atoms with Gasteiger partial charge in [-0.25, -0.2) is 9.97 Å². The van der Waals surface area contributed by atoms with E-state index in [1.165, 1.54) is 12.8 Å². The van der Waals surface area contributed by atoms with Crippen LogP contribution in [0.1, 0.15) is 44.1 Å². The first-order valence-corrected chi connectivity index (χ1v) is 10.3. The number of aromatic nitrogens is 3. The number of imidazole rings is 1. The van der Waals surface area contributed by atoms with Crippen LogP contribution in [0.3, 0.4) is 0 Å². The molecule has 0 unspecified atom stereocenters. The highest BCUT2D eigenvalue weighted by Gasteiger charge is 2.17. The highest BCUT2D eigenvalue weighted by molar-refractivity contribution is 5.84. The van der Waals surface area contributed by atoms with E-state index in [2.05, 4.69) is 58.1 Å². The van der Waals surface area contributed by atoms with Crippen LogP contribution in [0.25, 0.3) is 11.1 Å². The van der Waals surface area contributed by atoms with Crippen molar-refractivity contribution in [3.8, 4) is 0 Å². The molecule has 0 aliphatic heterocycles. The van der Waals surface area contributed by atoms with Gasteiger partial charge >= 0.3 is 0 Å². The van der Waals surface area contributed by atoms with Gasteiger partial charge in [0.05, 0.1) is 5.69 Å². The predicted octanol–water partition coefficient (Wildman–Crippen LogP) is 5.38. The topological polar surface area (TPSA) is 68.2 Å². The Balaban J connectivity index is 1.67. The largest absolute Gasteiger partial charge is 0.382 e. The van der Waals surface area contributed by atoms with Crippen LogP contribution in [0.15, 0.2) is 72.7 Å². The lowest BCUT2D eigenvalue weighted by molar-refractivity contribution is 0.691. The van der Waals surface area contributed by atoms with Gasteiger partial charge in [0, 0.05) is 30.2 Å². The smallest absolute Gasteiger partial charge is 0.150 e. The molecule has 2 aromatic heterocycles. The van der Waals surface area contributed by atoms with E-state index >= 15 is 0 Å². The second kappa shape index (κ2) is 8.78. The third kappa shape index (κ3) is 4.24. The summed E-state index contributed by atoms with van der Waals surface area (Å²) in [4.78, 5) is 9.30. The highest BCUT2D eigenvalue weighted by Crippen LogP contribution is 2.29. The first-order chi connectivity index (χ1) is 14.3. The number of allylic oxidation sites excluding steroid dienone is 5. The fraction of sp³-hybridized carbons (Fsp3) is 0.250. The second-order valence-corrected chi connectivity index (χ2v) is 7.28. The van der Waals surface area contributed by atoms with E-state index in [9.17, 15) is 0 Å². The van der Waals surface area contributed by atoms with E-state index in [4.69, 9.17) is 10.7 Å². The number of unbranched alkanes of at least 4 members (excludes halogenated alkanes) is 2. The lowest BCUT2D eigenvalue weighted by Gasteiger charge is -2.05. The summed E-state index contributed by atoms with van der Waals surface area (Å²) >= 11 is 0. The van der Waals surface area contributed by atoms with Crippen molar-refractivity contribution in [1.29, 1.82) is 0 Å². The summed E-state index contributed by atoms with van der Waals surface area (Å²) in [5.74, 6) is 1.58. The standard InChI is InChI=1S/C24H27N5/c1-2-3-5-13-21-28-22(23-24(25)26-16-17-29(21)23)18-9-8-12-20(15-14-18)27-19-10-6-4-7-11-19/h4,6-8,10-12,14-17,27H,2-3,5,9,13H2,1H3,(H2,25,26). The average molecular weight is 386 g/mol. The summed E-state index contributed by atoms with van der Waals surface area (Å²) in [5, 5.41) is 3.45. The predicted molar refractivity (Wildman–Crippen MR) is 121 cm³/mol. The number of hydrogen-bond acceptors (Lipinski definition) is 4. The Morgan fingerprint density at radius 2 is 2.00 bits per heavy atom. The van der Waals surface area contributed by atoms with Gasteiger partial charge in [-0.15, -0.1) is 0 Å². The maximum atomic E-state index is 6.26. The lowest BCUT2D eigenvalue weighted by Crippen LogP contribution is -1.99. The van der Waals surface area contributed by atoms with Gasteiger partial charge in [-0.2, -0.15) is 0 Å². The fourth-order valence-corrected chi connectivity index (χ4v) is 3.63. The van der Waals surface area contributed by atoms with Crippen LogP contribution < -0.4 is 11.1 Å². The second-order valence-electron chi connectivity index (χ2n) is 7.28. The van der Waals surface area contributed by atoms with E-state index in [1.54, 1.807) is 6.20 Å². The number of nitrogens with two attached hydrogens (primary N) is 1. The molecule has 0 atom stereocenters. The molecule has 0 saturated heterocycles. The number of anilines is 2. The molecule has 3 aromatic rings. The molecule has 29 heavy (non-hydrogen) atoms. The van der Waals surface area contributed by atoms with E-state index in [0.29, 0.717) is 5.82 Å². The van der Waals surface area contributed by atoms with Crippen LogP contribution in [-0.2, 0) is 6.42 Å². The van der Waals surface area contributed by atoms with Crippen LogP contribution in [0, 0.1) is 0 Å². The molecule has 2 heterocycles. The molecule has 0 bridgehead atoms. The van der Waals surface area contributed by atoms with Crippen LogP contribution in [0.5, 0.6) is 0 Å². The third-order valence-electron chi connectivity index (χ3n) is 5.13. The van der Waals surface area contributed by atoms with Crippen molar-refractivity contribution in [1.82, 2.24) is 14.4 Å². The number of nitrogens with one attached hydrogen (secondary N) is 1. The van der Waals surface area contributed by atoms with Crippen molar-refractivity contribution in [2.45, 2.75) is 39.0 Å². The number of benzene rings is 1. The Labute approximate surface area is 171 Å². The van der Waals surface area contributed by atoms with E-state index < -0.39 is 0 Å². The number of hydrogen-bond donors (Lipinski definition) is 2. The van der Waals surface area contributed by atoms with Crippen molar-refractivity contribution in [3.05, 3.63) is 84.2 Å². The van der Waals surface area contributed by atoms with Gasteiger partial charge in [-0.05, 0) is 42.7 Å². The first kappa shape index (κ1) is 19.0. The van der Waals surface area contributed by atoms with E-state index in [-0.39, 0.29) is 0 Å². The van der Waals surface area contributed by atoms with Gasteiger partial charge in [0.25, 0.3) is 0 Å². The van der Waals surface area contributed by atoms with Crippen LogP contribution >= 0.6 is 0 Å². The minimum absolute atomic E-state index is 0.525. The zero-order valence-corrected chi connectivity index (χ0v) is 16.8. The number of para-hydroxylation sites is 1. The number of aryl methyl sites for hydroxylation is 1. The molecule has 0 amide bonds. The quantitative estimate of drug-likeness (QED) is 0.536. The highest BCUT2D eigenvalue weighted by atomic mass is 15.1. The van der Waals surface area contributed by atoms with Crippen molar-refractivity contribution in [3.63, 3.8) is 0 Å².